The molecule has 0 saturated heterocycles. The third kappa shape index (κ3) is 3.60. The van der Waals surface area contributed by atoms with E-state index in [1.165, 1.54) is 0 Å². The highest BCUT2D eigenvalue weighted by molar-refractivity contribution is 5.79. The zero-order valence-corrected chi connectivity index (χ0v) is 6.18. The molecule has 0 radical (unpaired) electrons. The minimum absolute atomic E-state index is 0.476. The molecular weight excluding hydrogens is 112 g/mol. The van der Waals surface area contributed by atoms with E-state index in [0.717, 1.165) is 5.84 Å². The largest absolute Gasteiger partial charge is 0.367 e. The van der Waals surface area contributed by atoms with Crippen molar-refractivity contribution in [3.8, 4) is 12.3 Å². The molecule has 0 aliphatic rings. The van der Waals surface area contributed by atoms with Crippen LogP contribution in [0.5, 0.6) is 0 Å². The van der Waals surface area contributed by atoms with Crippen LogP contribution < -0.4 is 0 Å². The van der Waals surface area contributed by atoms with Gasteiger partial charge in [-0.1, -0.05) is 5.92 Å². The number of hydrogen-bond acceptors (Lipinski definition) is 1. The highest BCUT2D eigenvalue weighted by Crippen LogP contribution is 1.80. The summed E-state index contributed by atoms with van der Waals surface area (Å²) in [6.07, 6.45) is 5.00. The van der Waals surface area contributed by atoms with Gasteiger partial charge in [-0.25, -0.2) is 0 Å². The van der Waals surface area contributed by atoms with Crippen LogP contribution in [0.15, 0.2) is 4.99 Å². The van der Waals surface area contributed by atoms with Crippen LogP contribution in [0.3, 0.4) is 0 Å². The van der Waals surface area contributed by atoms with Crippen molar-refractivity contribution >= 4 is 5.84 Å². The molecular formula is C7H12N2. The fourth-order valence-corrected chi connectivity index (χ4v) is 0.301. The van der Waals surface area contributed by atoms with E-state index in [1.54, 1.807) is 0 Å². The Morgan fingerprint density at radius 2 is 2.22 bits per heavy atom. The van der Waals surface area contributed by atoms with E-state index < -0.39 is 0 Å². The SMILES string of the molecule is C#CC/N=C(\C)N(C)C. The van der Waals surface area contributed by atoms with E-state index in [2.05, 4.69) is 10.9 Å². The summed E-state index contributed by atoms with van der Waals surface area (Å²) < 4.78 is 0. The van der Waals surface area contributed by atoms with Gasteiger partial charge in [0.15, 0.2) is 0 Å². The van der Waals surface area contributed by atoms with Crippen molar-refractivity contribution in [2.24, 2.45) is 4.99 Å². The van der Waals surface area contributed by atoms with Crippen LogP contribution in [0.4, 0.5) is 0 Å². The third-order valence-corrected chi connectivity index (χ3v) is 1.05. The number of nitrogens with zero attached hydrogens (tertiary/aromatic N) is 2. The molecule has 9 heavy (non-hydrogen) atoms. The second kappa shape index (κ2) is 3.96. The van der Waals surface area contributed by atoms with E-state index in [1.807, 2.05) is 25.9 Å². The molecule has 50 valence electrons. The maximum absolute atomic E-state index is 5.00. The van der Waals surface area contributed by atoms with Gasteiger partial charge in [0.1, 0.15) is 6.54 Å². The second-order valence-electron chi connectivity index (χ2n) is 1.96. The Hall–Kier alpha value is -0.970. The summed E-state index contributed by atoms with van der Waals surface area (Å²) in [6.45, 7) is 2.40. The average Bonchev–Trinajstić information content (AvgIpc) is 1.82. The first-order valence-corrected chi connectivity index (χ1v) is 2.80. The van der Waals surface area contributed by atoms with Gasteiger partial charge in [-0.15, -0.1) is 6.42 Å². The molecule has 0 saturated carbocycles. The van der Waals surface area contributed by atoms with Gasteiger partial charge in [0.05, 0.1) is 5.84 Å². The summed E-state index contributed by atoms with van der Waals surface area (Å²) in [6, 6.07) is 0. The van der Waals surface area contributed by atoms with Crippen LogP contribution in [-0.4, -0.2) is 31.4 Å². The van der Waals surface area contributed by atoms with Crippen molar-refractivity contribution < 1.29 is 0 Å². The predicted octanol–water partition coefficient (Wildman–Crippen LogP) is 0.600. The summed E-state index contributed by atoms with van der Waals surface area (Å²) in [4.78, 5) is 5.98. The van der Waals surface area contributed by atoms with E-state index in [9.17, 15) is 0 Å². The maximum Gasteiger partial charge on any atom is 0.101 e. The van der Waals surface area contributed by atoms with Crippen LogP contribution in [0.25, 0.3) is 0 Å². The first-order valence-electron chi connectivity index (χ1n) is 2.80. The average molecular weight is 124 g/mol. The molecule has 2 heteroatoms. The van der Waals surface area contributed by atoms with Gasteiger partial charge >= 0.3 is 0 Å². The Morgan fingerprint density at radius 3 is 2.56 bits per heavy atom. The lowest BCUT2D eigenvalue weighted by atomic mass is 10.6. The lowest BCUT2D eigenvalue weighted by Crippen LogP contribution is -2.18. The van der Waals surface area contributed by atoms with Crippen LogP contribution >= 0.6 is 0 Å². The number of rotatable bonds is 1. The number of aliphatic imine (C=N–C) groups is 1. The van der Waals surface area contributed by atoms with E-state index in [-0.39, 0.29) is 0 Å². The molecule has 0 unspecified atom stereocenters. The highest BCUT2D eigenvalue weighted by atomic mass is 15.1. The first kappa shape index (κ1) is 8.03. The van der Waals surface area contributed by atoms with Gasteiger partial charge < -0.3 is 4.90 Å². The van der Waals surface area contributed by atoms with Gasteiger partial charge in [0.2, 0.25) is 0 Å². The van der Waals surface area contributed by atoms with E-state index in [4.69, 9.17) is 6.42 Å². The summed E-state index contributed by atoms with van der Waals surface area (Å²) in [5, 5.41) is 0. The fraction of sp³-hybridized carbons (Fsp3) is 0.571. The Bertz CT molecular complexity index is 139. The summed E-state index contributed by atoms with van der Waals surface area (Å²) in [5.74, 6) is 3.40. The quantitative estimate of drug-likeness (QED) is 0.284. The summed E-state index contributed by atoms with van der Waals surface area (Å²) >= 11 is 0. The van der Waals surface area contributed by atoms with Gasteiger partial charge in [-0.2, -0.15) is 0 Å². The van der Waals surface area contributed by atoms with Crippen LogP contribution in [0, 0.1) is 12.3 Å². The third-order valence-electron chi connectivity index (χ3n) is 1.05. The topological polar surface area (TPSA) is 15.6 Å². The fourth-order valence-electron chi connectivity index (χ4n) is 0.301. The molecule has 2 nitrogen and oxygen atoms in total. The molecule has 0 aromatic rings. The van der Waals surface area contributed by atoms with E-state index >= 15 is 0 Å². The molecule has 0 heterocycles. The molecule has 0 aromatic heterocycles. The Labute approximate surface area is 56.6 Å². The molecule has 0 bridgehead atoms. The molecule has 0 aromatic carbocycles. The molecule has 0 fully saturated rings. The van der Waals surface area contributed by atoms with Gasteiger partial charge in [-0.3, -0.25) is 4.99 Å². The summed E-state index contributed by atoms with van der Waals surface area (Å²) in [5.41, 5.74) is 0. The molecule has 0 N–H and O–H groups in total. The highest BCUT2D eigenvalue weighted by Gasteiger charge is 1.88. The van der Waals surface area contributed by atoms with E-state index in [0.29, 0.717) is 6.54 Å². The zero-order chi connectivity index (χ0) is 7.28. The molecule has 0 aliphatic heterocycles. The minimum Gasteiger partial charge on any atom is -0.367 e. The lowest BCUT2D eigenvalue weighted by molar-refractivity contribution is 0.616. The maximum atomic E-state index is 5.00. The molecule has 0 atom stereocenters. The van der Waals surface area contributed by atoms with Gasteiger partial charge in [-0.05, 0) is 6.92 Å². The smallest absolute Gasteiger partial charge is 0.101 e. The van der Waals surface area contributed by atoms with Crippen molar-refractivity contribution in [1.29, 1.82) is 0 Å². The molecule has 0 spiro atoms. The molecule has 0 rings (SSSR count). The predicted molar refractivity (Wildman–Crippen MR) is 40.5 cm³/mol. The Kier molecular flexibility index (Phi) is 3.54. The standard InChI is InChI=1S/C7H12N2/c1-5-6-8-7(2)9(3)4/h1H,6H2,2-4H3/b8-7+. The number of amidine groups is 1. The first-order chi connectivity index (χ1) is 4.18. The van der Waals surface area contributed by atoms with Crippen molar-refractivity contribution in [2.45, 2.75) is 6.92 Å². The van der Waals surface area contributed by atoms with Crippen molar-refractivity contribution in [3.63, 3.8) is 0 Å². The summed E-state index contributed by atoms with van der Waals surface area (Å²) in [7, 11) is 3.88. The van der Waals surface area contributed by atoms with Crippen molar-refractivity contribution in [1.82, 2.24) is 4.90 Å². The zero-order valence-electron chi connectivity index (χ0n) is 6.18. The number of terminal acetylenes is 1. The minimum atomic E-state index is 0.476. The number of hydrogen-bond donors (Lipinski definition) is 0. The van der Waals surface area contributed by atoms with Gasteiger partial charge in [0, 0.05) is 14.1 Å². The normalized spacial score (nSPS) is 10.7. The second-order valence-corrected chi connectivity index (χ2v) is 1.96. The monoisotopic (exact) mass is 124 g/mol. The van der Waals surface area contributed by atoms with Crippen molar-refractivity contribution in [3.05, 3.63) is 0 Å². The lowest BCUT2D eigenvalue weighted by Gasteiger charge is -2.09. The van der Waals surface area contributed by atoms with Gasteiger partial charge in [0.25, 0.3) is 0 Å². The molecule has 0 aliphatic carbocycles. The van der Waals surface area contributed by atoms with Crippen molar-refractivity contribution in [2.75, 3.05) is 20.6 Å². The molecule has 0 amide bonds. The van der Waals surface area contributed by atoms with Crippen LogP contribution in [0.2, 0.25) is 0 Å². The van der Waals surface area contributed by atoms with Crippen LogP contribution in [0.1, 0.15) is 6.92 Å². The Morgan fingerprint density at radius 1 is 1.67 bits per heavy atom. The van der Waals surface area contributed by atoms with Crippen LogP contribution in [-0.2, 0) is 0 Å². The Balaban J connectivity index is 3.73.